The maximum Gasteiger partial charge on any atom is 0.238 e. The molecule has 1 aliphatic rings. The fourth-order valence-corrected chi connectivity index (χ4v) is 2.83. The Balaban J connectivity index is 1.85. The van der Waals surface area contributed by atoms with E-state index in [0.29, 0.717) is 18.3 Å². The SMILES string of the molecule is COc1ccc(C)cc1NC(=O)CNC1CCCCCC1. The van der Waals surface area contributed by atoms with Crippen molar-refractivity contribution in [2.45, 2.75) is 51.5 Å². The highest BCUT2D eigenvalue weighted by Crippen LogP contribution is 2.25. The van der Waals surface area contributed by atoms with E-state index in [4.69, 9.17) is 4.74 Å². The van der Waals surface area contributed by atoms with Crippen molar-refractivity contribution in [2.75, 3.05) is 19.0 Å². The van der Waals surface area contributed by atoms with Gasteiger partial charge >= 0.3 is 0 Å². The summed E-state index contributed by atoms with van der Waals surface area (Å²) in [6.07, 6.45) is 7.55. The standard InChI is InChI=1S/C17H26N2O2/c1-13-9-10-16(21-2)15(11-13)19-17(20)12-18-14-7-5-3-4-6-8-14/h9-11,14,18H,3-8,12H2,1-2H3,(H,19,20). The Kier molecular flexibility index (Phi) is 6.05. The number of rotatable bonds is 5. The predicted molar refractivity (Wildman–Crippen MR) is 85.9 cm³/mol. The van der Waals surface area contributed by atoms with Crippen LogP contribution in [0.25, 0.3) is 0 Å². The number of hydrogen-bond acceptors (Lipinski definition) is 3. The van der Waals surface area contributed by atoms with Gasteiger partial charge in [-0.2, -0.15) is 0 Å². The monoisotopic (exact) mass is 290 g/mol. The molecule has 1 amide bonds. The zero-order chi connectivity index (χ0) is 15.1. The summed E-state index contributed by atoms with van der Waals surface area (Å²) in [5.74, 6) is 0.687. The summed E-state index contributed by atoms with van der Waals surface area (Å²) >= 11 is 0. The van der Waals surface area contributed by atoms with E-state index in [2.05, 4.69) is 10.6 Å². The van der Waals surface area contributed by atoms with Crippen LogP contribution in [0.2, 0.25) is 0 Å². The average molecular weight is 290 g/mol. The summed E-state index contributed by atoms with van der Waals surface area (Å²) < 4.78 is 5.28. The van der Waals surface area contributed by atoms with Crippen LogP contribution in [-0.2, 0) is 4.79 Å². The quantitative estimate of drug-likeness (QED) is 0.818. The molecule has 0 bridgehead atoms. The van der Waals surface area contributed by atoms with Gasteiger partial charge in [0.05, 0.1) is 19.3 Å². The number of hydrogen-bond donors (Lipinski definition) is 2. The van der Waals surface area contributed by atoms with Crippen LogP contribution in [-0.4, -0.2) is 25.6 Å². The minimum absolute atomic E-state index is 0.0110. The van der Waals surface area contributed by atoms with Gasteiger partial charge in [0.2, 0.25) is 5.91 Å². The lowest BCUT2D eigenvalue weighted by Gasteiger charge is -2.16. The molecule has 2 N–H and O–H groups in total. The first kappa shape index (κ1) is 15.8. The van der Waals surface area contributed by atoms with Crippen LogP contribution in [0.3, 0.4) is 0 Å². The number of benzene rings is 1. The second kappa shape index (κ2) is 8.03. The first-order chi connectivity index (χ1) is 10.2. The van der Waals surface area contributed by atoms with Crippen LogP contribution in [0.5, 0.6) is 5.75 Å². The van der Waals surface area contributed by atoms with Gasteiger partial charge in [0.1, 0.15) is 5.75 Å². The minimum Gasteiger partial charge on any atom is -0.495 e. The fraction of sp³-hybridized carbons (Fsp3) is 0.588. The molecule has 1 aromatic carbocycles. The first-order valence-electron chi connectivity index (χ1n) is 7.87. The maximum atomic E-state index is 12.1. The van der Waals surface area contributed by atoms with Gasteiger partial charge in [0.25, 0.3) is 0 Å². The number of carbonyl (C=O) groups is 1. The zero-order valence-electron chi connectivity index (χ0n) is 13.1. The summed E-state index contributed by atoms with van der Waals surface area (Å²) in [6.45, 7) is 2.36. The molecule has 1 saturated carbocycles. The lowest BCUT2D eigenvalue weighted by Crippen LogP contribution is -2.35. The van der Waals surface area contributed by atoms with Gasteiger partial charge in [-0.25, -0.2) is 0 Å². The second-order valence-corrected chi connectivity index (χ2v) is 5.82. The largest absolute Gasteiger partial charge is 0.495 e. The summed E-state index contributed by atoms with van der Waals surface area (Å²) in [7, 11) is 1.62. The number of ether oxygens (including phenoxy) is 1. The Labute approximate surface area is 127 Å². The van der Waals surface area contributed by atoms with Crippen LogP contribution < -0.4 is 15.4 Å². The molecule has 0 heterocycles. The van der Waals surface area contributed by atoms with Crippen LogP contribution in [0.1, 0.15) is 44.1 Å². The maximum absolute atomic E-state index is 12.1. The van der Waals surface area contributed by atoms with E-state index in [1.54, 1.807) is 7.11 Å². The Bertz CT molecular complexity index is 466. The summed E-state index contributed by atoms with van der Waals surface area (Å²) in [5.41, 5.74) is 1.84. The summed E-state index contributed by atoms with van der Waals surface area (Å²) in [6, 6.07) is 6.27. The van der Waals surface area contributed by atoms with Gasteiger partial charge in [0, 0.05) is 6.04 Å². The second-order valence-electron chi connectivity index (χ2n) is 5.82. The molecule has 1 aromatic rings. The van der Waals surface area contributed by atoms with Crippen molar-refractivity contribution in [1.82, 2.24) is 5.32 Å². The van der Waals surface area contributed by atoms with Gasteiger partial charge in [-0.1, -0.05) is 31.7 Å². The third-order valence-corrected chi connectivity index (χ3v) is 4.04. The van der Waals surface area contributed by atoms with E-state index in [1.165, 1.54) is 38.5 Å². The number of amides is 1. The van der Waals surface area contributed by atoms with Crippen molar-refractivity contribution >= 4 is 11.6 Å². The summed E-state index contributed by atoms with van der Waals surface area (Å²) in [4.78, 5) is 12.1. The minimum atomic E-state index is -0.0110. The lowest BCUT2D eigenvalue weighted by molar-refractivity contribution is -0.115. The van der Waals surface area contributed by atoms with Crippen molar-refractivity contribution in [3.63, 3.8) is 0 Å². The van der Waals surface area contributed by atoms with E-state index >= 15 is 0 Å². The molecule has 116 valence electrons. The van der Waals surface area contributed by atoms with Crippen molar-refractivity contribution in [3.8, 4) is 5.75 Å². The molecule has 0 aliphatic heterocycles. The van der Waals surface area contributed by atoms with Crippen LogP contribution in [0.4, 0.5) is 5.69 Å². The smallest absolute Gasteiger partial charge is 0.238 e. The molecular weight excluding hydrogens is 264 g/mol. The van der Waals surface area contributed by atoms with Crippen molar-refractivity contribution in [1.29, 1.82) is 0 Å². The van der Waals surface area contributed by atoms with Crippen LogP contribution in [0.15, 0.2) is 18.2 Å². The zero-order valence-corrected chi connectivity index (χ0v) is 13.1. The molecule has 4 heteroatoms. The number of aryl methyl sites for hydroxylation is 1. The number of nitrogens with one attached hydrogen (secondary N) is 2. The van der Waals surface area contributed by atoms with Gasteiger partial charge in [-0.3, -0.25) is 4.79 Å². The Morgan fingerprint density at radius 1 is 1.24 bits per heavy atom. The molecule has 4 nitrogen and oxygen atoms in total. The first-order valence-corrected chi connectivity index (χ1v) is 7.87. The highest BCUT2D eigenvalue weighted by molar-refractivity contribution is 5.93. The van der Waals surface area contributed by atoms with Crippen molar-refractivity contribution in [2.24, 2.45) is 0 Å². The third kappa shape index (κ3) is 5.05. The van der Waals surface area contributed by atoms with E-state index in [-0.39, 0.29) is 5.91 Å². The molecule has 0 spiro atoms. The van der Waals surface area contributed by atoms with E-state index in [0.717, 1.165) is 11.3 Å². The molecule has 1 aliphatic carbocycles. The highest BCUT2D eigenvalue weighted by atomic mass is 16.5. The van der Waals surface area contributed by atoms with Crippen molar-refractivity contribution < 1.29 is 9.53 Å². The predicted octanol–water partition coefficient (Wildman–Crippen LogP) is 3.25. The molecule has 0 unspecified atom stereocenters. The van der Waals surface area contributed by atoms with Crippen LogP contribution in [0, 0.1) is 6.92 Å². The Hall–Kier alpha value is -1.55. The van der Waals surface area contributed by atoms with E-state index in [9.17, 15) is 4.79 Å². The highest BCUT2D eigenvalue weighted by Gasteiger charge is 2.14. The summed E-state index contributed by atoms with van der Waals surface area (Å²) in [5, 5.41) is 6.31. The van der Waals surface area contributed by atoms with Crippen molar-refractivity contribution in [3.05, 3.63) is 23.8 Å². The molecule has 0 radical (unpaired) electrons. The number of anilines is 1. The molecule has 0 aromatic heterocycles. The van der Waals surface area contributed by atoms with Crippen LogP contribution >= 0.6 is 0 Å². The number of methoxy groups -OCH3 is 1. The normalized spacial score (nSPS) is 16.3. The molecule has 0 atom stereocenters. The van der Waals surface area contributed by atoms with Gasteiger partial charge in [-0.05, 0) is 37.5 Å². The Morgan fingerprint density at radius 2 is 1.95 bits per heavy atom. The van der Waals surface area contributed by atoms with Gasteiger partial charge in [0.15, 0.2) is 0 Å². The number of carbonyl (C=O) groups excluding carboxylic acids is 1. The molecule has 1 fully saturated rings. The van der Waals surface area contributed by atoms with Gasteiger partial charge in [-0.15, -0.1) is 0 Å². The molecule has 0 saturated heterocycles. The average Bonchev–Trinajstić information content (AvgIpc) is 2.74. The molecule has 2 rings (SSSR count). The fourth-order valence-electron chi connectivity index (χ4n) is 2.83. The molecule has 21 heavy (non-hydrogen) atoms. The van der Waals surface area contributed by atoms with Gasteiger partial charge < -0.3 is 15.4 Å². The lowest BCUT2D eigenvalue weighted by atomic mass is 10.1. The van der Waals surface area contributed by atoms with E-state index < -0.39 is 0 Å². The van der Waals surface area contributed by atoms with E-state index in [1.807, 2.05) is 25.1 Å². The Morgan fingerprint density at radius 3 is 2.62 bits per heavy atom. The molecular formula is C17H26N2O2. The topological polar surface area (TPSA) is 50.4 Å². The third-order valence-electron chi connectivity index (χ3n) is 4.04.